The van der Waals surface area contributed by atoms with Gasteiger partial charge in [0.25, 0.3) is 11.8 Å². The Morgan fingerprint density at radius 1 is 0.925 bits per heavy atom. The number of hydrogen-bond donors (Lipinski definition) is 3. The molecule has 0 bridgehead atoms. The first-order valence-electron chi connectivity index (χ1n) is 13.0. The van der Waals surface area contributed by atoms with Gasteiger partial charge in [0, 0.05) is 28.4 Å². The van der Waals surface area contributed by atoms with Crippen LogP contribution in [-0.4, -0.2) is 33.8 Å². The van der Waals surface area contributed by atoms with Gasteiger partial charge < -0.3 is 16.0 Å². The third-order valence-electron chi connectivity index (χ3n) is 6.88. The Hall–Kier alpha value is -4.63. The molecule has 8 nitrogen and oxygen atoms in total. The third-order valence-corrected chi connectivity index (χ3v) is 8.02. The first-order valence-corrected chi connectivity index (χ1v) is 13.8. The van der Waals surface area contributed by atoms with E-state index in [0.29, 0.717) is 34.5 Å². The van der Waals surface area contributed by atoms with Crippen molar-refractivity contribution in [3.63, 3.8) is 0 Å². The molecule has 9 heteroatoms. The van der Waals surface area contributed by atoms with E-state index in [1.165, 1.54) is 17.5 Å². The summed E-state index contributed by atoms with van der Waals surface area (Å²) in [5.74, 6) is 0.0954. The van der Waals surface area contributed by atoms with Gasteiger partial charge in [0.05, 0.1) is 23.7 Å². The number of anilines is 1. The van der Waals surface area contributed by atoms with Gasteiger partial charge in [-0.3, -0.25) is 9.59 Å². The molecule has 0 aliphatic rings. The van der Waals surface area contributed by atoms with E-state index in [4.69, 9.17) is 0 Å². The van der Waals surface area contributed by atoms with Gasteiger partial charge in [-0.05, 0) is 79.4 Å². The molecule has 0 aliphatic heterocycles. The molecule has 0 radical (unpaired) electrons. The summed E-state index contributed by atoms with van der Waals surface area (Å²) < 4.78 is 0. The highest BCUT2D eigenvalue weighted by atomic mass is 32.1. The zero-order chi connectivity index (χ0) is 28.2. The van der Waals surface area contributed by atoms with Gasteiger partial charge in [0.1, 0.15) is 17.8 Å². The molecule has 5 aromatic rings. The molecule has 40 heavy (non-hydrogen) atoms. The van der Waals surface area contributed by atoms with Crippen LogP contribution in [0.15, 0.2) is 73.2 Å². The van der Waals surface area contributed by atoms with Gasteiger partial charge >= 0.3 is 0 Å². The van der Waals surface area contributed by atoms with Crippen molar-refractivity contribution in [2.75, 3.05) is 12.4 Å². The number of nitrogens with one attached hydrogen (secondary N) is 3. The van der Waals surface area contributed by atoms with Crippen molar-refractivity contribution in [2.45, 2.75) is 33.4 Å². The van der Waals surface area contributed by atoms with E-state index in [2.05, 4.69) is 56.9 Å². The molecule has 3 N–H and O–H groups in total. The summed E-state index contributed by atoms with van der Waals surface area (Å²) in [5, 5.41) is 9.77. The van der Waals surface area contributed by atoms with Crippen LogP contribution in [0.3, 0.4) is 0 Å². The molecule has 0 saturated carbocycles. The molecule has 202 valence electrons. The van der Waals surface area contributed by atoms with Crippen molar-refractivity contribution in [2.24, 2.45) is 0 Å². The Labute approximate surface area is 236 Å². The van der Waals surface area contributed by atoms with Crippen LogP contribution >= 0.6 is 11.3 Å². The number of pyridine rings is 1. The second kappa shape index (κ2) is 11.6. The van der Waals surface area contributed by atoms with Crippen molar-refractivity contribution in [3.8, 4) is 10.4 Å². The molecule has 1 unspecified atom stereocenters. The lowest BCUT2D eigenvalue weighted by Crippen LogP contribution is -2.27. The largest absolute Gasteiger partial charge is 0.365 e. The van der Waals surface area contributed by atoms with Crippen molar-refractivity contribution in [1.29, 1.82) is 0 Å². The lowest BCUT2D eigenvalue weighted by atomic mass is 10.0. The van der Waals surface area contributed by atoms with E-state index >= 15 is 0 Å². The second-order valence-electron chi connectivity index (χ2n) is 9.59. The van der Waals surface area contributed by atoms with Crippen LogP contribution in [0.25, 0.3) is 21.3 Å². The number of aryl methyl sites for hydroxylation is 2. The van der Waals surface area contributed by atoms with Crippen molar-refractivity contribution >= 4 is 39.9 Å². The average Bonchev–Trinajstić information content (AvgIpc) is 3.45. The lowest BCUT2D eigenvalue weighted by Gasteiger charge is -2.17. The molecule has 2 amide bonds. The quantitative estimate of drug-likeness (QED) is 0.224. The van der Waals surface area contributed by atoms with E-state index in [0.717, 1.165) is 20.9 Å². The molecule has 0 spiro atoms. The number of amides is 2. The Morgan fingerprint density at radius 3 is 2.58 bits per heavy atom. The molecular formula is C31H30N6O2S. The molecule has 5 rings (SSSR count). The SMILES string of the molecule is CNC(=O)c1ncnc2ccc(-c3ccc(CNc4ncccc4C(=O)NC(C)c4ccc(C)c(C)c4)s3)cc12. The molecule has 0 saturated heterocycles. The Bertz CT molecular complexity index is 1710. The third kappa shape index (κ3) is 5.69. The summed E-state index contributed by atoms with van der Waals surface area (Å²) in [6.07, 6.45) is 3.07. The maximum absolute atomic E-state index is 13.2. The number of thiophene rings is 1. The van der Waals surface area contributed by atoms with Crippen LogP contribution in [0.1, 0.15) is 55.4 Å². The standard InChI is InChI=1S/C31H30N6O2S/c1-18-7-8-21(14-19(18)2)20(3)37-30(38)24-6-5-13-33-29(24)34-16-23-10-12-27(40-23)22-9-11-26-25(15-22)28(31(39)32-4)36-17-35-26/h5-15,17,20H,16H2,1-4H3,(H,32,39)(H,33,34)(H,37,38). The van der Waals surface area contributed by atoms with Crippen LogP contribution in [0, 0.1) is 13.8 Å². The fourth-order valence-electron chi connectivity index (χ4n) is 4.43. The molecule has 3 aromatic heterocycles. The minimum atomic E-state index is -0.251. The minimum Gasteiger partial charge on any atom is -0.365 e. The zero-order valence-electron chi connectivity index (χ0n) is 22.8. The van der Waals surface area contributed by atoms with Crippen LogP contribution in [0.5, 0.6) is 0 Å². The highest BCUT2D eigenvalue weighted by molar-refractivity contribution is 7.15. The fraction of sp³-hybridized carbons (Fsp3) is 0.194. The van der Waals surface area contributed by atoms with Gasteiger partial charge in [-0.1, -0.05) is 24.3 Å². The number of benzene rings is 2. The number of rotatable bonds is 8. The van der Waals surface area contributed by atoms with E-state index in [1.807, 2.05) is 43.3 Å². The Morgan fingerprint density at radius 2 is 1.77 bits per heavy atom. The van der Waals surface area contributed by atoms with Crippen LogP contribution in [0.2, 0.25) is 0 Å². The molecule has 1 atom stereocenters. The number of carbonyl (C=O) groups excluding carboxylic acids is 2. The summed E-state index contributed by atoms with van der Waals surface area (Å²) in [4.78, 5) is 40.5. The number of aromatic nitrogens is 3. The fourth-order valence-corrected chi connectivity index (χ4v) is 5.37. The highest BCUT2D eigenvalue weighted by Crippen LogP contribution is 2.31. The molecule has 2 aromatic carbocycles. The van der Waals surface area contributed by atoms with E-state index in [1.54, 1.807) is 36.7 Å². The van der Waals surface area contributed by atoms with Crippen LogP contribution in [-0.2, 0) is 6.54 Å². The average molecular weight is 551 g/mol. The van der Waals surface area contributed by atoms with E-state index in [-0.39, 0.29) is 17.9 Å². The summed E-state index contributed by atoms with van der Waals surface area (Å²) >= 11 is 1.63. The predicted molar refractivity (Wildman–Crippen MR) is 160 cm³/mol. The Kier molecular flexibility index (Phi) is 7.84. The summed E-state index contributed by atoms with van der Waals surface area (Å²) in [7, 11) is 1.58. The van der Waals surface area contributed by atoms with Crippen molar-refractivity contribution in [1.82, 2.24) is 25.6 Å². The second-order valence-corrected chi connectivity index (χ2v) is 10.8. The Balaban J connectivity index is 1.30. The predicted octanol–water partition coefficient (Wildman–Crippen LogP) is 5.83. The highest BCUT2D eigenvalue weighted by Gasteiger charge is 2.17. The minimum absolute atomic E-state index is 0.143. The van der Waals surface area contributed by atoms with E-state index < -0.39 is 0 Å². The van der Waals surface area contributed by atoms with Gasteiger partial charge in [0.15, 0.2) is 0 Å². The van der Waals surface area contributed by atoms with Crippen molar-refractivity contribution in [3.05, 3.63) is 106 Å². The number of fused-ring (bicyclic) bond motifs is 1. The van der Waals surface area contributed by atoms with Gasteiger partial charge in [-0.2, -0.15) is 0 Å². The monoisotopic (exact) mass is 550 g/mol. The molecule has 0 aliphatic carbocycles. The molecule has 3 heterocycles. The smallest absolute Gasteiger partial charge is 0.270 e. The summed E-state index contributed by atoms with van der Waals surface area (Å²) in [6.45, 7) is 6.64. The van der Waals surface area contributed by atoms with Crippen molar-refractivity contribution < 1.29 is 9.59 Å². The topological polar surface area (TPSA) is 109 Å². The van der Waals surface area contributed by atoms with Crippen LogP contribution in [0.4, 0.5) is 5.82 Å². The normalized spacial score (nSPS) is 11.7. The number of nitrogens with zero attached hydrogens (tertiary/aromatic N) is 3. The molecular weight excluding hydrogens is 520 g/mol. The maximum atomic E-state index is 13.2. The van der Waals surface area contributed by atoms with Crippen LogP contribution < -0.4 is 16.0 Å². The van der Waals surface area contributed by atoms with Gasteiger partial charge in [-0.15, -0.1) is 11.3 Å². The molecule has 0 fully saturated rings. The maximum Gasteiger partial charge on any atom is 0.270 e. The van der Waals surface area contributed by atoms with Gasteiger partial charge in [-0.25, -0.2) is 15.0 Å². The lowest BCUT2D eigenvalue weighted by molar-refractivity contribution is 0.0937. The summed E-state index contributed by atoms with van der Waals surface area (Å²) in [5.41, 5.74) is 6.00. The zero-order valence-corrected chi connectivity index (χ0v) is 23.6. The van der Waals surface area contributed by atoms with Gasteiger partial charge in [0.2, 0.25) is 0 Å². The first-order chi connectivity index (χ1) is 19.3. The first kappa shape index (κ1) is 27.0. The van der Waals surface area contributed by atoms with E-state index in [9.17, 15) is 9.59 Å². The number of carbonyl (C=O) groups is 2. The number of hydrogen-bond acceptors (Lipinski definition) is 7. The summed E-state index contributed by atoms with van der Waals surface area (Å²) in [6, 6.07) is 19.6.